The van der Waals surface area contributed by atoms with Crippen molar-refractivity contribution in [2.45, 2.75) is 13.8 Å². The molecule has 2 aromatic rings. The molecule has 7 heteroatoms. The molecule has 0 aliphatic heterocycles. The Morgan fingerprint density at radius 1 is 1.35 bits per heavy atom. The van der Waals surface area contributed by atoms with Crippen LogP contribution >= 0.6 is 24.0 Å². The van der Waals surface area contributed by atoms with Crippen molar-refractivity contribution in [3.63, 3.8) is 0 Å². The number of aromatic nitrogens is 2. The number of nitrogens with zero attached hydrogens (tertiary/aromatic N) is 3. The van der Waals surface area contributed by atoms with Gasteiger partial charge in [0.15, 0.2) is 0 Å². The fraction of sp³-hybridized carbons (Fsp3) is 0.375. The van der Waals surface area contributed by atoms with Gasteiger partial charge in [-0.25, -0.2) is 4.68 Å². The van der Waals surface area contributed by atoms with Crippen molar-refractivity contribution in [2.24, 2.45) is 11.1 Å². The Balaban J connectivity index is 0.00000264. The molecule has 1 aromatic heterocycles. The van der Waals surface area contributed by atoms with Crippen LogP contribution in [0, 0.1) is 5.41 Å². The first-order valence-corrected chi connectivity index (χ1v) is 7.46. The van der Waals surface area contributed by atoms with Crippen molar-refractivity contribution >= 4 is 29.9 Å². The molecule has 0 fully saturated rings. The van der Waals surface area contributed by atoms with Crippen LogP contribution in [0.1, 0.15) is 24.2 Å². The predicted molar refractivity (Wildman–Crippen MR) is 95.6 cm³/mol. The zero-order valence-corrected chi connectivity index (χ0v) is 15.1. The smallest absolute Gasteiger partial charge is 0.256 e. The lowest BCUT2D eigenvalue weighted by atomic mass is 9.93. The number of nitrogens with two attached hydrogens (primary N) is 1. The van der Waals surface area contributed by atoms with E-state index in [2.05, 4.69) is 5.10 Å². The van der Waals surface area contributed by atoms with Gasteiger partial charge in [0, 0.05) is 24.8 Å². The molecule has 2 N–H and O–H groups in total. The summed E-state index contributed by atoms with van der Waals surface area (Å²) in [4.78, 5) is 14.1. The molecule has 0 aliphatic carbocycles. The maximum absolute atomic E-state index is 12.4. The van der Waals surface area contributed by atoms with Gasteiger partial charge in [-0.3, -0.25) is 4.79 Å². The Hall–Kier alpha value is -1.56. The molecule has 0 unspecified atom stereocenters. The lowest BCUT2D eigenvalue weighted by Gasteiger charge is -2.28. The average molecular weight is 357 g/mol. The zero-order valence-electron chi connectivity index (χ0n) is 13.5. The summed E-state index contributed by atoms with van der Waals surface area (Å²) >= 11 is 5.87. The first-order chi connectivity index (χ1) is 10.3. The Morgan fingerprint density at radius 2 is 1.96 bits per heavy atom. The SMILES string of the molecule is CN(CC(C)(C)CN)C(=O)c1cnn(-c2ccc(Cl)cc2)c1.Cl. The van der Waals surface area contributed by atoms with Crippen LogP contribution in [-0.4, -0.2) is 40.7 Å². The van der Waals surface area contributed by atoms with Crippen LogP contribution in [0.4, 0.5) is 0 Å². The Bertz CT molecular complexity index is 652. The van der Waals surface area contributed by atoms with Crippen molar-refractivity contribution in [3.05, 3.63) is 47.2 Å². The zero-order chi connectivity index (χ0) is 16.3. The third-order valence-electron chi connectivity index (χ3n) is 3.49. The highest BCUT2D eigenvalue weighted by Crippen LogP contribution is 2.17. The van der Waals surface area contributed by atoms with Crippen LogP contribution in [0.25, 0.3) is 5.69 Å². The summed E-state index contributed by atoms with van der Waals surface area (Å²) in [7, 11) is 1.78. The van der Waals surface area contributed by atoms with Crippen LogP contribution in [0.2, 0.25) is 5.02 Å². The molecule has 2 rings (SSSR count). The summed E-state index contributed by atoms with van der Waals surface area (Å²) in [6.45, 7) is 5.19. The van der Waals surface area contributed by atoms with Crippen LogP contribution in [0.3, 0.4) is 0 Å². The van der Waals surface area contributed by atoms with Crippen LogP contribution in [0.5, 0.6) is 0 Å². The predicted octanol–water partition coefficient (Wildman–Crippen LogP) is 3.00. The van der Waals surface area contributed by atoms with Crippen molar-refractivity contribution in [1.82, 2.24) is 14.7 Å². The molecule has 0 spiro atoms. The van der Waals surface area contributed by atoms with Crippen molar-refractivity contribution in [3.8, 4) is 5.69 Å². The molecule has 1 amide bonds. The Labute approximate surface area is 147 Å². The van der Waals surface area contributed by atoms with E-state index in [0.29, 0.717) is 23.7 Å². The quantitative estimate of drug-likeness (QED) is 0.895. The Morgan fingerprint density at radius 3 is 2.52 bits per heavy atom. The number of carbonyl (C=O) groups excluding carboxylic acids is 1. The van der Waals surface area contributed by atoms with Gasteiger partial charge in [0.25, 0.3) is 5.91 Å². The highest BCUT2D eigenvalue weighted by molar-refractivity contribution is 6.30. The lowest BCUT2D eigenvalue weighted by Crippen LogP contribution is -2.39. The van der Waals surface area contributed by atoms with E-state index in [0.717, 1.165) is 5.69 Å². The van der Waals surface area contributed by atoms with E-state index >= 15 is 0 Å². The molecule has 0 saturated heterocycles. The topological polar surface area (TPSA) is 64.2 Å². The minimum atomic E-state index is -0.115. The molecule has 1 aromatic carbocycles. The number of halogens is 2. The van der Waals surface area contributed by atoms with E-state index in [1.807, 2.05) is 26.0 Å². The van der Waals surface area contributed by atoms with E-state index in [-0.39, 0.29) is 23.7 Å². The van der Waals surface area contributed by atoms with Gasteiger partial charge in [0.05, 0.1) is 17.4 Å². The molecule has 126 valence electrons. The fourth-order valence-corrected chi connectivity index (χ4v) is 2.29. The first kappa shape index (κ1) is 19.5. The molecule has 0 saturated carbocycles. The number of hydrogen-bond donors (Lipinski definition) is 1. The molecular weight excluding hydrogens is 335 g/mol. The van der Waals surface area contributed by atoms with E-state index in [1.54, 1.807) is 41.2 Å². The van der Waals surface area contributed by atoms with Crippen LogP contribution < -0.4 is 5.73 Å². The van der Waals surface area contributed by atoms with E-state index in [9.17, 15) is 4.79 Å². The molecule has 0 aliphatic rings. The maximum Gasteiger partial charge on any atom is 0.256 e. The lowest BCUT2D eigenvalue weighted by molar-refractivity contribution is 0.0740. The Kier molecular flexibility index (Phi) is 6.62. The summed E-state index contributed by atoms with van der Waals surface area (Å²) < 4.78 is 1.66. The average Bonchev–Trinajstić information content (AvgIpc) is 2.96. The second-order valence-corrected chi connectivity index (χ2v) is 6.62. The summed E-state index contributed by atoms with van der Waals surface area (Å²) in [6.07, 6.45) is 3.29. The monoisotopic (exact) mass is 356 g/mol. The van der Waals surface area contributed by atoms with E-state index in [4.69, 9.17) is 17.3 Å². The molecule has 5 nitrogen and oxygen atoms in total. The van der Waals surface area contributed by atoms with Crippen LogP contribution in [-0.2, 0) is 0 Å². The molecule has 0 bridgehead atoms. The van der Waals surface area contributed by atoms with Gasteiger partial charge >= 0.3 is 0 Å². The van der Waals surface area contributed by atoms with Gasteiger partial charge in [0.1, 0.15) is 0 Å². The standard InChI is InChI=1S/C16H21ClN4O.ClH/c1-16(2,10-18)11-20(3)15(22)12-8-19-21(9-12)14-6-4-13(17)5-7-14;/h4-9H,10-11,18H2,1-3H3;1H. The minimum absolute atomic E-state index is 0. The number of amides is 1. The van der Waals surface area contributed by atoms with Crippen LogP contribution in [0.15, 0.2) is 36.7 Å². The highest BCUT2D eigenvalue weighted by Gasteiger charge is 2.22. The first-order valence-electron chi connectivity index (χ1n) is 7.08. The highest BCUT2D eigenvalue weighted by atomic mass is 35.5. The van der Waals surface area contributed by atoms with Gasteiger partial charge in [-0.1, -0.05) is 25.4 Å². The number of carbonyl (C=O) groups is 1. The molecule has 0 atom stereocenters. The number of benzene rings is 1. The summed E-state index contributed by atoms with van der Waals surface area (Å²) in [5.41, 5.74) is 7.01. The summed E-state index contributed by atoms with van der Waals surface area (Å²) in [5.74, 6) is -0.0678. The van der Waals surface area contributed by atoms with Crippen molar-refractivity contribution in [2.75, 3.05) is 20.1 Å². The second kappa shape index (κ2) is 7.81. The van der Waals surface area contributed by atoms with Gasteiger partial charge in [-0.15, -0.1) is 12.4 Å². The van der Waals surface area contributed by atoms with Gasteiger partial charge in [0.2, 0.25) is 0 Å². The third-order valence-corrected chi connectivity index (χ3v) is 3.74. The van der Waals surface area contributed by atoms with Crippen molar-refractivity contribution < 1.29 is 4.79 Å². The third kappa shape index (κ3) is 4.96. The van der Waals surface area contributed by atoms with Gasteiger partial charge in [-0.2, -0.15) is 5.10 Å². The van der Waals surface area contributed by atoms with Gasteiger partial charge < -0.3 is 10.6 Å². The normalized spacial score (nSPS) is 11.0. The summed E-state index contributed by atoms with van der Waals surface area (Å²) in [6, 6.07) is 7.28. The van der Waals surface area contributed by atoms with E-state index < -0.39 is 0 Å². The number of hydrogen-bond acceptors (Lipinski definition) is 3. The maximum atomic E-state index is 12.4. The molecule has 23 heavy (non-hydrogen) atoms. The second-order valence-electron chi connectivity index (χ2n) is 6.18. The minimum Gasteiger partial charge on any atom is -0.341 e. The summed E-state index contributed by atoms with van der Waals surface area (Å²) in [5, 5.41) is 4.90. The molecule has 0 radical (unpaired) electrons. The molecular formula is C16H22Cl2N4O. The largest absolute Gasteiger partial charge is 0.341 e. The van der Waals surface area contributed by atoms with Gasteiger partial charge in [-0.05, 0) is 36.2 Å². The molecule has 1 heterocycles. The fourth-order valence-electron chi connectivity index (χ4n) is 2.17. The van der Waals surface area contributed by atoms with Crippen molar-refractivity contribution in [1.29, 1.82) is 0 Å². The number of rotatable bonds is 5. The van der Waals surface area contributed by atoms with E-state index in [1.165, 1.54) is 0 Å².